The molecule has 1 unspecified atom stereocenters. The van der Waals surface area contributed by atoms with Gasteiger partial charge >= 0.3 is 0 Å². The molecule has 6 heteroatoms. The summed E-state index contributed by atoms with van der Waals surface area (Å²) in [5.74, 6) is 0.684. The number of anilines is 2. The summed E-state index contributed by atoms with van der Waals surface area (Å²) >= 11 is 0. The number of carbonyl (C=O) groups excluding carboxylic acids is 1. The number of hydrogen-bond acceptors (Lipinski definition) is 3. The Hall–Kier alpha value is -1.56. The Morgan fingerprint density at radius 1 is 1.20 bits per heavy atom. The van der Waals surface area contributed by atoms with Crippen LogP contribution >= 0.6 is 0 Å². The lowest BCUT2D eigenvalue weighted by Gasteiger charge is -2.30. The molecule has 5 nitrogen and oxygen atoms in total. The maximum absolute atomic E-state index is 12.6. The standard InChI is InChI=1S/C19H28N2O3S/c1-14-9-10-17(20-19(22)15(2)16-7-3-4-8-16)13-18(14)21-11-5-6-12-25(21,23)24/h9-10,13,15-16H,3-8,11-12H2,1-2H3,(H,20,22). The van der Waals surface area contributed by atoms with Crippen molar-refractivity contribution in [3.8, 4) is 0 Å². The lowest BCUT2D eigenvalue weighted by molar-refractivity contribution is -0.120. The van der Waals surface area contributed by atoms with Gasteiger partial charge in [0.25, 0.3) is 0 Å². The predicted octanol–water partition coefficient (Wildman–Crippen LogP) is 3.69. The van der Waals surface area contributed by atoms with Crippen molar-refractivity contribution in [1.82, 2.24) is 0 Å². The minimum atomic E-state index is -3.25. The van der Waals surface area contributed by atoms with E-state index in [1.165, 1.54) is 17.1 Å². The molecule has 1 heterocycles. The van der Waals surface area contributed by atoms with Crippen molar-refractivity contribution >= 4 is 27.3 Å². The first-order chi connectivity index (χ1) is 11.9. The van der Waals surface area contributed by atoms with E-state index in [1.54, 1.807) is 6.07 Å². The Morgan fingerprint density at radius 3 is 2.60 bits per heavy atom. The molecule has 1 saturated heterocycles. The zero-order valence-electron chi connectivity index (χ0n) is 15.1. The van der Waals surface area contributed by atoms with Crippen molar-refractivity contribution in [2.75, 3.05) is 21.9 Å². The van der Waals surface area contributed by atoms with Crippen LogP contribution in [-0.2, 0) is 14.8 Å². The van der Waals surface area contributed by atoms with Gasteiger partial charge in [0.1, 0.15) is 0 Å². The van der Waals surface area contributed by atoms with Crippen LogP contribution in [0.2, 0.25) is 0 Å². The highest BCUT2D eigenvalue weighted by molar-refractivity contribution is 7.92. The van der Waals surface area contributed by atoms with Gasteiger partial charge in [0.2, 0.25) is 15.9 Å². The highest BCUT2D eigenvalue weighted by Gasteiger charge is 2.29. The van der Waals surface area contributed by atoms with Crippen molar-refractivity contribution < 1.29 is 13.2 Å². The second-order valence-electron chi connectivity index (χ2n) is 7.42. The summed E-state index contributed by atoms with van der Waals surface area (Å²) in [7, 11) is -3.25. The number of amides is 1. The Bertz CT molecular complexity index is 739. The minimum Gasteiger partial charge on any atom is -0.326 e. The van der Waals surface area contributed by atoms with Gasteiger partial charge < -0.3 is 5.32 Å². The third-order valence-electron chi connectivity index (χ3n) is 5.62. The molecule has 3 rings (SSSR count). The molecule has 2 aliphatic rings. The van der Waals surface area contributed by atoms with E-state index in [0.29, 0.717) is 30.3 Å². The van der Waals surface area contributed by atoms with Crippen molar-refractivity contribution in [1.29, 1.82) is 0 Å². The van der Waals surface area contributed by atoms with Gasteiger partial charge in [0.05, 0.1) is 11.4 Å². The first-order valence-corrected chi connectivity index (χ1v) is 10.9. The van der Waals surface area contributed by atoms with Crippen LogP contribution in [0.15, 0.2) is 18.2 Å². The van der Waals surface area contributed by atoms with E-state index in [9.17, 15) is 13.2 Å². The highest BCUT2D eigenvalue weighted by atomic mass is 32.2. The third-order valence-corrected chi connectivity index (χ3v) is 7.47. The maximum Gasteiger partial charge on any atom is 0.235 e. The molecule has 1 saturated carbocycles. The molecule has 0 aromatic heterocycles. The lowest BCUT2D eigenvalue weighted by Crippen LogP contribution is -2.38. The van der Waals surface area contributed by atoms with E-state index in [2.05, 4.69) is 5.32 Å². The monoisotopic (exact) mass is 364 g/mol. The molecule has 1 aliphatic carbocycles. The average molecular weight is 365 g/mol. The first kappa shape index (κ1) is 18.2. The minimum absolute atomic E-state index is 0.00836. The number of carbonyl (C=O) groups is 1. The zero-order valence-corrected chi connectivity index (χ0v) is 15.9. The molecule has 0 spiro atoms. The topological polar surface area (TPSA) is 66.5 Å². The van der Waals surface area contributed by atoms with Gasteiger partial charge in [-0.2, -0.15) is 0 Å². The fraction of sp³-hybridized carbons (Fsp3) is 0.632. The fourth-order valence-corrected chi connectivity index (χ4v) is 5.64. The van der Waals surface area contributed by atoms with E-state index in [4.69, 9.17) is 0 Å². The van der Waals surface area contributed by atoms with Crippen LogP contribution in [0.5, 0.6) is 0 Å². The van der Waals surface area contributed by atoms with Crippen LogP contribution in [0.25, 0.3) is 0 Å². The van der Waals surface area contributed by atoms with Crippen molar-refractivity contribution in [3.63, 3.8) is 0 Å². The summed E-state index contributed by atoms with van der Waals surface area (Å²) in [6, 6.07) is 5.54. The van der Waals surface area contributed by atoms with Gasteiger partial charge in [-0.1, -0.05) is 25.8 Å². The molecule has 1 atom stereocenters. The maximum atomic E-state index is 12.6. The van der Waals surface area contributed by atoms with E-state index in [-0.39, 0.29) is 17.6 Å². The zero-order chi connectivity index (χ0) is 18.0. The van der Waals surface area contributed by atoms with Gasteiger partial charge in [-0.05, 0) is 56.2 Å². The molecule has 2 fully saturated rings. The number of sulfonamides is 1. The largest absolute Gasteiger partial charge is 0.326 e. The van der Waals surface area contributed by atoms with E-state index < -0.39 is 10.0 Å². The van der Waals surface area contributed by atoms with Gasteiger partial charge in [0.15, 0.2) is 0 Å². The summed E-state index contributed by atoms with van der Waals surface area (Å²) in [6.07, 6.45) is 6.26. The molecule has 1 aliphatic heterocycles. The number of nitrogens with one attached hydrogen (secondary N) is 1. The van der Waals surface area contributed by atoms with Crippen molar-refractivity contribution in [2.45, 2.75) is 52.4 Å². The molecule has 0 bridgehead atoms. The molecule has 138 valence electrons. The Morgan fingerprint density at radius 2 is 1.92 bits per heavy atom. The molecule has 1 aromatic rings. The molecule has 1 amide bonds. The predicted molar refractivity (Wildman–Crippen MR) is 101 cm³/mol. The van der Waals surface area contributed by atoms with Crippen molar-refractivity contribution in [3.05, 3.63) is 23.8 Å². The Balaban J connectivity index is 1.78. The van der Waals surface area contributed by atoms with Crippen LogP contribution in [0, 0.1) is 18.8 Å². The molecule has 1 aromatic carbocycles. The fourth-order valence-electron chi connectivity index (χ4n) is 3.94. The normalized spacial score (nSPS) is 21.9. The number of hydrogen-bond donors (Lipinski definition) is 1. The van der Waals surface area contributed by atoms with Crippen LogP contribution in [0.4, 0.5) is 11.4 Å². The third kappa shape index (κ3) is 4.00. The summed E-state index contributed by atoms with van der Waals surface area (Å²) in [5.41, 5.74) is 2.27. The Labute approximate surface area is 150 Å². The molecular weight excluding hydrogens is 336 g/mol. The Kier molecular flexibility index (Phi) is 5.37. The molecule has 0 radical (unpaired) electrons. The van der Waals surface area contributed by atoms with Gasteiger partial charge in [0, 0.05) is 18.2 Å². The average Bonchev–Trinajstić information content (AvgIpc) is 3.10. The first-order valence-electron chi connectivity index (χ1n) is 9.30. The summed E-state index contributed by atoms with van der Waals surface area (Å²) in [5, 5.41) is 2.99. The van der Waals surface area contributed by atoms with Crippen LogP contribution in [0.3, 0.4) is 0 Å². The quantitative estimate of drug-likeness (QED) is 0.886. The second kappa shape index (κ2) is 7.36. The molecular formula is C19H28N2O3S. The van der Waals surface area contributed by atoms with Gasteiger partial charge in [-0.15, -0.1) is 0 Å². The number of rotatable bonds is 4. The van der Waals surface area contributed by atoms with Gasteiger partial charge in [-0.3, -0.25) is 9.10 Å². The number of nitrogens with zero attached hydrogens (tertiary/aromatic N) is 1. The second-order valence-corrected chi connectivity index (χ2v) is 9.43. The highest BCUT2D eigenvalue weighted by Crippen LogP contribution is 2.33. The van der Waals surface area contributed by atoms with Crippen LogP contribution in [-0.4, -0.2) is 26.6 Å². The molecule has 1 N–H and O–H groups in total. The van der Waals surface area contributed by atoms with Crippen molar-refractivity contribution in [2.24, 2.45) is 11.8 Å². The summed E-state index contributed by atoms with van der Waals surface area (Å²) < 4.78 is 26.3. The van der Waals surface area contributed by atoms with Crippen LogP contribution in [0.1, 0.15) is 51.0 Å². The molecule has 25 heavy (non-hydrogen) atoms. The smallest absolute Gasteiger partial charge is 0.235 e. The SMILES string of the molecule is Cc1ccc(NC(=O)C(C)C2CCCC2)cc1N1CCCCS1(=O)=O. The lowest BCUT2D eigenvalue weighted by atomic mass is 9.92. The van der Waals surface area contributed by atoms with E-state index in [1.807, 2.05) is 26.0 Å². The summed E-state index contributed by atoms with van der Waals surface area (Å²) in [6.45, 7) is 4.42. The number of aryl methyl sites for hydroxylation is 1. The van der Waals surface area contributed by atoms with E-state index >= 15 is 0 Å². The summed E-state index contributed by atoms with van der Waals surface area (Å²) in [4.78, 5) is 12.6. The number of benzene rings is 1. The van der Waals surface area contributed by atoms with E-state index in [0.717, 1.165) is 24.8 Å². The van der Waals surface area contributed by atoms with Gasteiger partial charge in [-0.25, -0.2) is 8.42 Å². The van der Waals surface area contributed by atoms with Crippen LogP contribution < -0.4 is 9.62 Å².